The monoisotopic (exact) mass is 412 g/mol. The lowest BCUT2D eigenvalue weighted by Crippen LogP contribution is -2.49. The van der Waals surface area contributed by atoms with Crippen molar-refractivity contribution in [1.29, 1.82) is 0 Å². The molecule has 3 rings (SSSR count). The lowest BCUT2D eigenvalue weighted by molar-refractivity contribution is 0.0526. The molecule has 1 aliphatic rings. The number of carbonyl (C=O) groups excluding carboxylic acids is 2. The lowest BCUT2D eigenvalue weighted by atomic mass is 10.1. The number of hydrogen-bond donors (Lipinski definition) is 2. The summed E-state index contributed by atoms with van der Waals surface area (Å²) in [7, 11) is 0. The van der Waals surface area contributed by atoms with Crippen LogP contribution in [0.15, 0.2) is 48.5 Å². The number of rotatable bonds is 5. The second-order valence-corrected chi connectivity index (χ2v) is 7.03. The van der Waals surface area contributed by atoms with Gasteiger partial charge in [0.05, 0.1) is 23.5 Å². The number of anilines is 2. The van der Waals surface area contributed by atoms with Gasteiger partial charge in [0.1, 0.15) is 0 Å². The molecule has 0 bridgehead atoms. The van der Waals surface area contributed by atoms with Gasteiger partial charge in [-0.25, -0.2) is 4.79 Å². The van der Waals surface area contributed by atoms with Gasteiger partial charge in [-0.3, -0.25) is 4.79 Å². The second-order valence-electron chi connectivity index (χ2n) is 6.59. The Bertz CT molecular complexity index is 896. The summed E-state index contributed by atoms with van der Waals surface area (Å²) in [4.78, 5) is 28.7. The van der Waals surface area contributed by atoms with Crippen molar-refractivity contribution < 1.29 is 14.3 Å². The molecule has 0 atom stereocenters. The Hall–Kier alpha value is -3.13. The fraction of sp³-hybridized carbons (Fsp3) is 0.286. The second kappa shape index (κ2) is 9.38. The highest BCUT2D eigenvalue weighted by Gasteiger charge is 2.24. The number of nitrogens with two attached hydrogens (primary N) is 1. The standard InChI is InChI=1S/C21H24N4O3S/c1-2-28-20(27)16-8-9-18(17(14-16)23-21(22)29)24-10-12-25(13-11-24)19(26)15-6-4-3-5-7-15/h3-9,14H,2,10-13H2,1H3,(H3,22,23,29). The van der Waals surface area contributed by atoms with Crippen molar-refractivity contribution in [3.63, 3.8) is 0 Å². The minimum Gasteiger partial charge on any atom is -0.462 e. The molecule has 0 unspecified atom stereocenters. The molecule has 1 amide bonds. The Kier molecular flexibility index (Phi) is 6.66. The van der Waals surface area contributed by atoms with Crippen LogP contribution in [0, 0.1) is 0 Å². The molecule has 0 spiro atoms. The molecular formula is C21H24N4O3S. The third-order valence-electron chi connectivity index (χ3n) is 4.69. The Morgan fingerprint density at radius 3 is 2.38 bits per heavy atom. The predicted molar refractivity (Wildman–Crippen MR) is 117 cm³/mol. The van der Waals surface area contributed by atoms with Crippen LogP contribution in [0.3, 0.4) is 0 Å². The van der Waals surface area contributed by atoms with E-state index >= 15 is 0 Å². The van der Waals surface area contributed by atoms with E-state index in [9.17, 15) is 9.59 Å². The minimum absolute atomic E-state index is 0.0318. The molecular weight excluding hydrogens is 388 g/mol. The van der Waals surface area contributed by atoms with E-state index in [0.29, 0.717) is 49.6 Å². The van der Waals surface area contributed by atoms with Crippen LogP contribution < -0.4 is 16.0 Å². The molecule has 152 valence electrons. The fourth-order valence-electron chi connectivity index (χ4n) is 3.30. The smallest absolute Gasteiger partial charge is 0.338 e. The van der Waals surface area contributed by atoms with Gasteiger partial charge in [-0.05, 0) is 49.5 Å². The van der Waals surface area contributed by atoms with Crippen molar-refractivity contribution >= 4 is 40.6 Å². The number of nitrogens with zero attached hydrogens (tertiary/aromatic N) is 2. The van der Waals surface area contributed by atoms with Gasteiger partial charge in [0.25, 0.3) is 5.91 Å². The summed E-state index contributed by atoms with van der Waals surface area (Å²) in [5.41, 5.74) is 8.30. The SMILES string of the molecule is CCOC(=O)c1ccc(N2CCN(C(=O)c3ccccc3)CC2)c(NC(N)=S)c1. The van der Waals surface area contributed by atoms with Crippen LogP contribution in [0.5, 0.6) is 0 Å². The summed E-state index contributed by atoms with van der Waals surface area (Å²) >= 11 is 4.98. The van der Waals surface area contributed by atoms with Crippen molar-refractivity contribution in [3.05, 3.63) is 59.7 Å². The van der Waals surface area contributed by atoms with Crippen LogP contribution in [-0.4, -0.2) is 54.7 Å². The highest BCUT2D eigenvalue weighted by molar-refractivity contribution is 7.80. The molecule has 2 aromatic carbocycles. The molecule has 1 heterocycles. The molecule has 0 aromatic heterocycles. The maximum Gasteiger partial charge on any atom is 0.338 e. The third kappa shape index (κ3) is 5.03. The van der Waals surface area contributed by atoms with Gasteiger partial charge < -0.3 is 25.6 Å². The average molecular weight is 413 g/mol. The maximum atomic E-state index is 12.6. The number of esters is 1. The molecule has 1 aliphatic heterocycles. The summed E-state index contributed by atoms with van der Waals surface area (Å²) in [6.07, 6.45) is 0. The Morgan fingerprint density at radius 2 is 1.76 bits per heavy atom. The van der Waals surface area contributed by atoms with Crippen molar-refractivity contribution in [2.24, 2.45) is 5.73 Å². The van der Waals surface area contributed by atoms with Crippen molar-refractivity contribution in [2.45, 2.75) is 6.92 Å². The topological polar surface area (TPSA) is 87.9 Å². The fourth-order valence-corrected chi connectivity index (χ4v) is 3.41. The van der Waals surface area contributed by atoms with E-state index in [-0.39, 0.29) is 11.0 Å². The number of thiocarbonyl (C=S) groups is 1. The average Bonchev–Trinajstić information content (AvgIpc) is 2.74. The maximum absolute atomic E-state index is 12.6. The predicted octanol–water partition coefficient (Wildman–Crippen LogP) is 2.48. The molecule has 8 heteroatoms. The summed E-state index contributed by atoms with van der Waals surface area (Å²) in [5, 5.41) is 3.06. The summed E-state index contributed by atoms with van der Waals surface area (Å²) in [6, 6.07) is 14.5. The van der Waals surface area contributed by atoms with E-state index in [1.165, 1.54) is 0 Å². The molecule has 0 saturated carbocycles. The lowest BCUT2D eigenvalue weighted by Gasteiger charge is -2.37. The van der Waals surface area contributed by atoms with Gasteiger partial charge >= 0.3 is 5.97 Å². The molecule has 2 aromatic rings. The molecule has 7 nitrogen and oxygen atoms in total. The third-order valence-corrected chi connectivity index (χ3v) is 4.80. The van der Waals surface area contributed by atoms with Gasteiger partial charge in [0.15, 0.2) is 5.11 Å². The first kappa shape index (κ1) is 20.6. The molecule has 0 aliphatic carbocycles. The highest BCUT2D eigenvalue weighted by atomic mass is 32.1. The number of nitrogens with one attached hydrogen (secondary N) is 1. The zero-order valence-corrected chi connectivity index (χ0v) is 17.1. The van der Waals surface area contributed by atoms with Crippen LogP contribution >= 0.6 is 12.2 Å². The highest BCUT2D eigenvalue weighted by Crippen LogP contribution is 2.29. The van der Waals surface area contributed by atoms with Gasteiger partial charge in [-0.1, -0.05) is 18.2 Å². The van der Waals surface area contributed by atoms with E-state index in [4.69, 9.17) is 22.7 Å². The van der Waals surface area contributed by atoms with Crippen LogP contribution in [0.25, 0.3) is 0 Å². The number of benzene rings is 2. The van der Waals surface area contributed by atoms with Crippen molar-refractivity contribution in [1.82, 2.24) is 4.90 Å². The van der Waals surface area contributed by atoms with E-state index in [2.05, 4.69) is 10.2 Å². The Morgan fingerprint density at radius 1 is 1.07 bits per heavy atom. The Balaban J connectivity index is 1.74. The molecule has 0 radical (unpaired) electrons. The quantitative estimate of drug-likeness (QED) is 0.576. The van der Waals surface area contributed by atoms with Crippen molar-refractivity contribution in [2.75, 3.05) is 43.0 Å². The first-order valence-corrected chi connectivity index (χ1v) is 9.87. The molecule has 1 fully saturated rings. The first-order valence-electron chi connectivity index (χ1n) is 9.46. The number of piperazine rings is 1. The normalized spacial score (nSPS) is 13.7. The number of ether oxygens (including phenoxy) is 1. The zero-order valence-electron chi connectivity index (χ0n) is 16.3. The largest absolute Gasteiger partial charge is 0.462 e. The van der Waals surface area contributed by atoms with Gasteiger partial charge in [-0.15, -0.1) is 0 Å². The minimum atomic E-state index is -0.400. The summed E-state index contributed by atoms with van der Waals surface area (Å²) in [5.74, 6) is -0.368. The van der Waals surface area contributed by atoms with Crippen LogP contribution in [0.2, 0.25) is 0 Å². The molecule has 1 saturated heterocycles. The summed E-state index contributed by atoms with van der Waals surface area (Å²) in [6.45, 7) is 4.57. The van der Waals surface area contributed by atoms with E-state index in [1.807, 2.05) is 41.3 Å². The van der Waals surface area contributed by atoms with Gasteiger partial charge in [-0.2, -0.15) is 0 Å². The molecule has 29 heavy (non-hydrogen) atoms. The van der Waals surface area contributed by atoms with Gasteiger partial charge in [0, 0.05) is 31.7 Å². The van der Waals surface area contributed by atoms with Crippen molar-refractivity contribution in [3.8, 4) is 0 Å². The van der Waals surface area contributed by atoms with Crippen LogP contribution in [0.1, 0.15) is 27.6 Å². The number of hydrogen-bond acceptors (Lipinski definition) is 5. The van der Waals surface area contributed by atoms with E-state index < -0.39 is 5.97 Å². The first-order chi connectivity index (χ1) is 14.0. The molecule has 3 N–H and O–H groups in total. The Labute approximate surface area is 175 Å². The van der Waals surface area contributed by atoms with Crippen LogP contribution in [-0.2, 0) is 4.74 Å². The number of carbonyl (C=O) groups is 2. The van der Waals surface area contributed by atoms with Crippen LogP contribution in [0.4, 0.5) is 11.4 Å². The summed E-state index contributed by atoms with van der Waals surface area (Å²) < 4.78 is 5.07. The van der Waals surface area contributed by atoms with Gasteiger partial charge in [0.2, 0.25) is 0 Å². The zero-order chi connectivity index (χ0) is 20.8. The van der Waals surface area contributed by atoms with E-state index in [1.54, 1.807) is 19.1 Å². The number of amides is 1. The van der Waals surface area contributed by atoms with E-state index in [0.717, 1.165) is 5.69 Å².